The number of halogens is 1. The van der Waals surface area contributed by atoms with Gasteiger partial charge >= 0.3 is 5.69 Å². The zero-order chi connectivity index (χ0) is 20.0. The van der Waals surface area contributed by atoms with Crippen LogP contribution in [0.5, 0.6) is 0 Å². The molecule has 2 aliphatic rings. The number of ether oxygens (including phenoxy) is 2. The second kappa shape index (κ2) is 7.12. The van der Waals surface area contributed by atoms with Crippen LogP contribution in [-0.4, -0.2) is 51.6 Å². The van der Waals surface area contributed by atoms with Crippen molar-refractivity contribution in [3.05, 3.63) is 32.9 Å². The summed E-state index contributed by atoms with van der Waals surface area (Å²) in [5.74, 6) is -1.04. The van der Waals surface area contributed by atoms with Crippen molar-refractivity contribution in [2.45, 2.75) is 76.5 Å². The number of nitrogens with one attached hydrogen (secondary N) is 1. The highest BCUT2D eigenvalue weighted by molar-refractivity contribution is 4.98. The molecule has 0 radical (unpaired) electrons. The van der Waals surface area contributed by atoms with Gasteiger partial charge in [0.2, 0.25) is 5.82 Å². The minimum absolute atomic E-state index is 0.126. The molecule has 2 aliphatic heterocycles. The smallest absolute Gasteiger partial charge is 0.330 e. The Hall–Kier alpha value is -1.55. The summed E-state index contributed by atoms with van der Waals surface area (Å²) in [7, 11) is 1.71. The minimum Gasteiger partial charge on any atom is -0.381 e. The lowest BCUT2D eigenvalue weighted by Gasteiger charge is -2.54. The summed E-state index contributed by atoms with van der Waals surface area (Å²) in [5.41, 5.74) is -2.39. The molecular formula is C18H28FN3O5. The van der Waals surface area contributed by atoms with E-state index in [-0.39, 0.29) is 17.2 Å². The second-order valence-corrected chi connectivity index (χ2v) is 8.52. The molecule has 0 aromatic carbocycles. The summed E-state index contributed by atoms with van der Waals surface area (Å²) in [4.78, 5) is 31.7. The Labute approximate surface area is 157 Å². The third kappa shape index (κ3) is 3.87. The number of hydroxylamine groups is 2. The fourth-order valence-corrected chi connectivity index (χ4v) is 4.33. The average molecular weight is 385 g/mol. The molecule has 0 amide bonds. The second-order valence-electron chi connectivity index (χ2n) is 8.52. The third-order valence-electron chi connectivity index (χ3n) is 5.34. The van der Waals surface area contributed by atoms with Crippen molar-refractivity contribution in [1.82, 2.24) is 14.6 Å². The molecule has 0 bridgehead atoms. The molecule has 2 saturated heterocycles. The Morgan fingerprint density at radius 3 is 2.44 bits per heavy atom. The molecule has 3 rings (SSSR count). The first-order valence-corrected chi connectivity index (χ1v) is 9.17. The maximum absolute atomic E-state index is 13.7. The normalized spacial score (nSPS) is 28.5. The number of rotatable bonds is 4. The summed E-state index contributed by atoms with van der Waals surface area (Å²) in [5, 5.41) is 1.95. The van der Waals surface area contributed by atoms with Crippen LogP contribution >= 0.6 is 0 Å². The van der Waals surface area contributed by atoms with E-state index in [2.05, 4.69) is 27.7 Å². The van der Waals surface area contributed by atoms with Crippen molar-refractivity contribution in [3.63, 3.8) is 0 Å². The van der Waals surface area contributed by atoms with Gasteiger partial charge in [0.05, 0.1) is 18.9 Å². The van der Waals surface area contributed by atoms with Crippen molar-refractivity contribution in [3.8, 4) is 0 Å². The molecule has 0 unspecified atom stereocenters. The Bertz CT molecular complexity index is 785. The number of hydrogen-bond donors (Lipinski definition) is 1. The van der Waals surface area contributed by atoms with E-state index in [4.69, 9.17) is 14.3 Å². The largest absolute Gasteiger partial charge is 0.381 e. The standard InChI is InChI=1S/C18H28FN3O5/c1-17(2)8-11(25-5)9-18(3,4)22(17)27-13-6-7-26-15(13)21-10-12(19)14(23)20-16(21)24/h10-11,13,15H,6-9H2,1-5H3,(H,20,23,24)/t13-,15+/m0/s1. The first-order chi connectivity index (χ1) is 12.5. The molecule has 8 nitrogen and oxygen atoms in total. The number of methoxy groups -OCH3 is 1. The number of hydrogen-bond acceptors (Lipinski definition) is 6. The summed E-state index contributed by atoms with van der Waals surface area (Å²) in [6.45, 7) is 8.69. The predicted octanol–water partition coefficient (Wildman–Crippen LogP) is 1.56. The summed E-state index contributed by atoms with van der Waals surface area (Å²) >= 11 is 0. The summed E-state index contributed by atoms with van der Waals surface area (Å²) < 4.78 is 26.0. The van der Waals surface area contributed by atoms with Gasteiger partial charge in [0, 0.05) is 24.6 Å². The van der Waals surface area contributed by atoms with E-state index in [1.807, 2.05) is 10.0 Å². The molecule has 9 heteroatoms. The molecule has 1 aromatic rings. The highest BCUT2D eigenvalue weighted by atomic mass is 19.1. The van der Waals surface area contributed by atoms with Crippen LogP contribution in [0.3, 0.4) is 0 Å². The lowest BCUT2D eigenvalue weighted by molar-refractivity contribution is -0.324. The molecule has 2 atom stereocenters. The highest BCUT2D eigenvalue weighted by Crippen LogP contribution is 2.41. The summed E-state index contributed by atoms with van der Waals surface area (Å²) in [6, 6.07) is 0. The van der Waals surface area contributed by atoms with Gasteiger partial charge in [-0.3, -0.25) is 19.2 Å². The van der Waals surface area contributed by atoms with E-state index < -0.39 is 29.4 Å². The van der Waals surface area contributed by atoms with Crippen molar-refractivity contribution in [2.75, 3.05) is 13.7 Å². The zero-order valence-electron chi connectivity index (χ0n) is 16.5. The van der Waals surface area contributed by atoms with Gasteiger partial charge in [-0.05, 0) is 40.5 Å². The van der Waals surface area contributed by atoms with E-state index in [0.717, 1.165) is 23.6 Å². The van der Waals surface area contributed by atoms with Gasteiger partial charge < -0.3 is 9.47 Å². The molecule has 0 aliphatic carbocycles. The van der Waals surface area contributed by atoms with E-state index >= 15 is 0 Å². The van der Waals surface area contributed by atoms with Gasteiger partial charge in [-0.25, -0.2) is 4.79 Å². The zero-order valence-corrected chi connectivity index (χ0v) is 16.5. The fraction of sp³-hybridized carbons (Fsp3) is 0.778. The number of H-pyrrole nitrogens is 1. The Kier molecular flexibility index (Phi) is 5.33. The van der Waals surface area contributed by atoms with Gasteiger partial charge in [0.1, 0.15) is 6.10 Å². The van der Waals surface area contributed by atoms with Crippen molar-refractivity contribution < 1.29 is 18.7 Å². The van der Waals surface area contributed by atoms with Crippen molar-refractivity contribution in [1.29, 1.82) is 0 Å². The van der Waals surface area contributed by atoms with Gasteiger partial charge in [0.25, 0.3) is 5.56 Å². The monoisotopic (exact) mass is 385 g/mol. The quantitative estimate of drug-likeness (QED) is 0.847. The lowest BCUT2D eigenvalue weighted by Crippen LogP contribution is -2.63. The molecule has 1 N–H and O–H groups in total. The molecule has 0 saturated carbocycles. The van der Waals surface area contributed by atoms with Crippen LogP contribution in [0.4, 0.5) is 4.39 Å². The van der Waals surface area contributed by atoms with Crippen LogP contribution in [0.2, 0.25) is 0 Å². The van der Waals surface area contributed by atoms with Gasteiger partial charge in [-0.15, -0.1) is 0 Å². The highest BCUT2D eigenvalue weighted by Gasteiger charge is 2.49. The SMILES string of the molecule is COC1CC(C)(C)N(O[C@H]2CCO[C@H]2n2cc(F)c(=O)[nH]c2=O)C(C)(C)C1. The van der Waals surface area contributed by atoms with E-state index in [1.165, 1.54) is 0 Å². The van der Waals surface area contributed by atoms with Crippen LogP contribution in [-0.2, 0) is 14.3 Å². The topological polar surface area (TPSA) is 85.8 Å². The number of aromatic nitrogens is 2. The molecule has 3 heterocycles. The number of aromatic amines is 1. The molecule has 1 aromatic heterocycles. The van der Waals surface area contributed by atoms with Gasteiger partial charge in [-0.1, -0.05) is 0 Å². The Balaban J connectivity index is 1.87. The maximum Gasteiger partial charge on any atom is 0.330 e. The van der Waals surface area contributed by atoms with Crippen LogP contribution in [0.1, 0.15) is 53.2 Å². The lowest BCUT2D eigenvalue weighted by atomic mass is 9.80. The predicted molar refractivity (Wildman–Crippen MR) is 95.8 cm³/mol. The molecule has 152 valence electrons. The first-order valence-electron chi connectivity index (χ1n) is 9.17. The molecule has 27 heavy (non-hydrogen) atoms. The molecule has 0 spiro atoms. The first kappa shape index (κ1) is 20.2. The van der Waals surface area contributed by atoms with E-state index in [1.54, 1.807) is 7.11 Å². The van der Waals surface area contributed by atoms with Crippen LogP contribution < -0.4 is 11.2 Å². The Morgan fingerprint density at radius 1 is 1.22 bits per heavy atom. The van der Waals surface area contributed by atoms with Crippen molar-refractivity contribution >= 4 is 0 Å². The van der Waals surface area contributed by atoms with E-state index in [0.29, 0.717) is 13.0 Å². The van der Waals surface area contributed by atoms with Gasteiger partial charge in [0.15, 0.2) is 6.23 Å². The van der Waals surface area contributed by atoms with Crippen molar-refractivity contribution in [2.24, 2.45) is 0 Å². The molecular weight excluding hydrogens is 357 g/mol. The van der Waals surface area contributed by atoms with Crippen LogP contribution in [0.15, 0.2) is 15.8 Å². The molecule has 2 fully saturated rings. The fourth-order valence-electron chi connectivity index (χ4n) is 4.33. The number of piperidine rings is 1. The van der Waals surface area contributed by atoms with E-state index in [9.17, 15) is 14.0 Å². The summed E-state index contributed by atoms with van der Waals surface area (Å²) in [6.07, 6.45) is 1.84. The average Bonchev–Trinajstić information content (AvgIpc) is 3.01. The third-order valence-corrected chi connectivity index (χ3v) is 5.34. The maximum atomic E-state index is 13.7. The Morgan fingerprint density at radius 2 is 1.85 bits per heavy atom. The van der Waals surface area contributed by atoms with Crippen LogP contribution in [0.25, 0.3) is 0 Å². The van der Waals surface area contributed by atoms with Gasteiger partial charge in [-0.2, -0.15) is 9.45 Å². The minimum atomic E-state index is -1.05. The van der Waals surface area contributed by atoms with Crippen LogP contribution in [0, 0.1) is 5.82 Å². The number of nitrogens with zero attached hydrogens (tertiary/aromatic N) is 2.